The van der Waals surface area contributed by atoms with E-state index in [4.69, 9.17) is 27.2 Å². The van der Waals surface area contributed by atoms with E-state index in [-0.39, 0.29) is 36.4 Å². The van der Waals surface area contributed by atoms with Crippen LogP contribution in [0.4, 0.5) is 17.6 Å². The van der Waals surface area contributed by atoms with E-state index in [1.165, 1.54) is 24.3 Å². The molecule has 1 heterocycles. The normalized spacial score (nSPS) is 18.2. The molecule has 1 saturated carbocycles. The van der Waals surface area contributed by atoms with Crippen molar-refractivity contribution in [2.45, 2.75) is 115 Å². The number of primary amides is 1. The second-order valence-electron chi connectivity index (χ2n) is 16.1. The highest BCUT2D eigenvalue weighted by atomic mass is 35.5. The Balaban J connectivity index is 1.57. The number of nitrogens with one attached hydrogen (secondary N) is 4. The molecule has 7 N–H and O–H groups in total. The second kappa shape index (κ2) is 21.0. The lowest BCUT2D eigenvalue weighted by molar-refractivity contribution is -0.143. The third kappa shape index (κ3) is 12.0. The average molecular weight is 897 g/mol. The van der Waals surface area contributed by atoms with Crippen molar-refractivity contribution in [3.63, 3.8) is 0 Å². The Kier molecular flexibility index (Phi) is 16.6. The van der Waals surface area contributed by atoms with E-state index in [2.05, 4.69) is 21.3 Å². The van der Waals surface area contributed by atoms with Crippen LogP contribution in [0.25, 0.3) is 0 Å². The Morgan fingerprint density at radius 2 is 1.53 bits per heavy atom. The lowest BCUT2D eigenvalue weighted by atomic mass is 9.83. The number of amides is 6. The Morgan fingerprint density at radius 1 is 0.919 bits per heavy atom. The van der Waals surface area contributed by atoms with E-state index in [1.54, 1.807) is 27.7 Å². The number of hydrogen-bond donors (Lipinski definition) is 6. The number of hydrogen-bond acceptors (Lipinski definition) is 9. The van der Waals surface area contributed by atoms with Crippen molar-refractivity contribution in [3.8, 4) is 0 Å². The fourth-order valence-electron chi connectivity index (χ4n) is 7.58. The van der Waals surface area contributed by atoms with Crippen LogP contribution in [0.3, 0.4) is 0 Å². The van der Waals surface area contributed by atoms with Gasteiger partial charge in [-0.3, -0.25) is 33.6 Å². The highest BCUT2D eigenvalue weighted by molar-refractivity contribution is 6.38. The number of carbonyl (C=O) groups is 8. The van der Waals surface area contributed by atoms with Crippen molar-refractivity contribution in [1.29, 1.82) is 0 Å². The van der Waals surface area contributed by atoms with Crippen LogP contribution in [0.1, 0.15) is 111 Å². The summed E-state index contributed by atoms with van der Waals surface area (Å²) in [6.45, 7) is 5.78. The zero-order valence-corrected chi connectivity index (χ0v) is 35.1. The summed E-state index contributed by atoms with van der Waals surface area (Å²) in [5.74, 6) is -20.1. The molecule has 2 aromatic carbocycles. The summed E-state index contributed by atoms with van der Waals surface area (Å²) < 4.78 is 65.5. The fourth-order valence-corrected chi connectivity index (χ4v) is 7.78. The van der Waals surface area contributed by atoms with Gasteiger partial charge < -0.3 is 41.7 Å². The molecular weight excluding hydrogens is 848 g/mol. The van der Waals surface area contributed by atoms with Crippen molar-refractivity contribution in [3.05, 3.63) is 69.2 Å². The molecular formula is C41H49ClF4N6O10. The van der Waals surface area contributed by atoms with Crippen LogP contribution in [0.15, 0.2) is 24.3 Å². The molecule has 338 valence electrons. The molecule has 62 heavy (non-hydrogen) atoms. The van der Waals surface area contributed by atoms with Gasteiger partial charge in [0.2, 0.25) is 29.4 Å². The summed E-state index contributed by atoms with van der Waals surface area (Å²) in [4.78, 5) is 106. The number of carboxylic acids is 1. The van der Waals surface area contributed by atoms with Crippen LogP contribution in [0.2, 0.25) is 5.02 Å². The number of ketones is 1. The van der Waals surface area contributed by atoms with Crippen molar-refractivity contribution < 1.29 is 65.8 Å². The number of halogens is 5. The maximum atomic E-state index is 15.1. The van der Waals surface area contributed by atoms with Crippen LogP contribution in [-0.4, -0.2) is 100 Å². The molecule has 16 nitrogen and oxygen atoms in total. The molecule has 2 fully saturated rings. The molecule has 4 rings (SSSR count). The maximum absolute atomic E-state index is 15.1. The number of nitrogens with zero attached hydrogens (tertiary/aromatic N) is 1. The Labute approximate surface area is 359 Å². The first-order valence-electron chi connectivity index (χ1n) is 19.9. The third-order valence-corrected chi connectivity index (χ3v) is 10.6. The number of Topliss-reactive ketones (excluding diaryl/α,β-unsaturated/α-hetero) is 1. The summed E-state index contributed by atoms with van der Waals surface area (Å²) in [5.41, 5.74) is 1.14. The van der Waals surface area contributed by atoms with Gasteiger partial charge in [0, 0.05) is 18.0 Å². The molecule has 0 aromatic heterocycles. The Morgan fingerprint density at radius 3 is 2.08 bits per heavy atom. The second-order valence-corrected chi connectivity index (χ2v) is 16.5. The number of carbonyl (C=O) groups excluding carboxylic acids is 7. The van der Waals surface area contributed by atoms with Gasteiger partial charge in [-0.2, -0.15) is 0 Å². The minimum absolute atomic E-state index is 0.0725. The smallest absolute Gasteiger partial charge is 0.341 e. The molecule has 5 atom stereocenters. The van der Waals surface area contributed by atoms with Gasteiger partial charge in [-0.15, -0.1) is 0 Å². The van der Waals surface area contributed by atoms with Crippen molar-refractivity contribution in [1.82, 2.24) is 26.2 Å². The number of likely N-dealkylation sites (tertiary alicyclic amines) is 1. The van der Waals surface area contributed by atoms with Crippen molar-refractivity contribution in [2.24, 2.45) is 11.7 Å². The molecule has 1 aliphatic carbocycles. The zero-order valence-electron chi connectivity index (χ0n) is 34.4. The minimum Gasteiger partial charge on any atom is -0.477 e. The fraction of sp³-hybridized carbons (Fsp3) is 0.512. The molecule has 1 aliphatic heterocycles. The van der Waals surface area contributed by atoms with Crippen LogP contribution in [0.5, 0.6) is 0 Å². The number of aromatic carboxylic acids is 1. The standard InChI is InChI=1S/C41H49ClF4N6O10/c1-5-10-23(34(54)38(58)48-17-25(53)50-32(35(47)55)20-13-9-14-21(42)15-20)49-36(56)24-16-22(62-41(2,3)4)18-52(24)39(59)33(19-11-7-6-8-12-19)51-37(57)26-28(43)30(45)27(40(60)61)31(46)29(26)44/h9,13-15,19,22-24,32-33H,5-8,10-12,16-18H2,1-4H3,(H2,47,55)(H,48,58)(H,49,56)(H,50,53)(H,51,57)(H,60,61). The highest BCUT2D eigenvalue weighted by Gasteiger charge is 2.46. The largest absolute Gasteiger partial charge is 0.477 e. The number of carboxylic acid groups (broad SMARTS) is 1. The SMILES string of the molecule is CCCC(NC(=O)C1CC(OC(C)(C)C)CN1C(=O)C(NC(=O)c1c(F)c(F)c(C(=O)O)c(F)c1F)C1CCCCC1)C(=O)C(=O)NCC(=O)NC(C(N)=O)c1cccc(Cl)c1. The lowest BCUT2D eigenvalue weighted by Gasteiger charge is -2.35. The Hall–Kier alpha value is -5.63. The van der Waals surface area contributed by atoms with E-state index in [0.717, 1.165) is 11.3 Å². The minimum atomic E-state index is -2.33. The summed E-state index contributed by atoms with van der Waals surface area (Å²) in [6.07, 6.45) is 1.77. The number of nitrogens with two attached hydrogens (primary N) is 1. The number of ether oxygens (including phenoxy) is 1. The van der Waals surface area contributed by atoms with Crippen LogP contribution < -0.4 is 27.0 Å². The van der Waals surface area contributed by atoms with Crippen LogP contribution >= 0.6 is 11.6 Å². The molecule has 0 radical (unpaired) electrons. The molecule has 6 amide bonds. The molecule has 2 aliphatic rings. The molecule has 5 unspecified atom stereocenters. The predicted octanol–water partition coefficient (Wildman–Crippen LogP) is 3.37. The van der Waals surface area contributed by atoms with Crippen LogP contribution in [-0.2, 0) is 33.5 Å². The first-order valence-corrected chi connectivity index (χ1v) is 20.3. The lowest BCUT2D eigenvalue weighted by Crippen LogP contribution is -2.58. The van der Waals surface area contributed by atoms with Gasteiger partial charge >= 0.3 is 5.97 Å². The van der Waals surface area contributed by atoms with Gasteiger partial charge in [0.25, 0.3) is 11.8 Å². The van der Waals surface area contributed by atoms with Crippen LogP contribution in [0, 0.1) is 29.2 Å². The summed E-state index contributed by atoms with van der Waals surface area (Å²) in [5, 5.41) is 18.6. The molecule has 2 aromatic rings. The maximum Gasteiger partial charge on any atom is 0.341 e. The van der Waals surface area contributed by atoms with E-state index in [1.807, 2.05) is 0 Å². The van der Waals surface area contributed by atoms with E-state index >= 15 is 8.78 Å². The molecule has 0 bridgehead atoms. The number of benzene rings is 2. The quantitative estimate of drug-likeness (QED) is 0.0769. The van der Waals surface area contributed by atoms with E-state index in [9.17, 15) is 47.1 Å². The zero-order chi connectivity index (χ0) is 46.2. The molecule has 0 spiro atoms. The van der Waals surface area contributed by atoms with E-state index in [0.29, 0.717) is 25.7 Å². The average Bonchev–Trinajstić information content (AvgIpc) is 3.62. The van der Waals surface area contributed by atoms with Gasteiger partial charge in [-0.25, -0.2) is 22.4 Å². The predicted molar refractivity (Wildman–Crippen MR) is 212 cm³/mol. The number of rotatable bonds is 17. The van der Waals surface area contributed by atoms with Gasteiger partial charge in [-0.1, -0.05) is 56.3 Å². The van der Waals surface area contributed by atoms with Gasteiger partial charge in [0.15, 0.2) is 23.3 Å². The first-order chi connectivity index (χ1) is 29.1. The van der Waals surface area contributed by atoms with E-state index < -0.39 is 130 Å². The molecule has 21 heteroatoms. The van der Waals surface area contributed by atoms with Gasteiger partial charge in [-0.05, 0) is 63.6 Å². The third-order valence-electron chi connectivity index (χ3n) is 10.4. The Bertz CT molecular complexity index is 2070. The highest BCUT2D eigenvalue weighted by Crippen LogP contribution is 2.32. The topological polar surface area (TPSA) is 243 Å². The van der Waals surface area contributed by atoms with Crippen molar-refractivity contribution in [2.75, 3.05) is 13.1 Å². The monoisotopic (exact) mass is 896 g/mol. The summed E-state index contributed by atoms with van der Waals surface area (Å²) >= 11 is 5.98. The van der Waals surface area contributed by atoms with Crippen molar-refractivity contribution >= 4 is 58.8 Å². The van der Waals surface area contributed by atoms with Gasteiger partial charge in [0.05, 0.1) is 24.3 Å². The van der Waals surface area contributed by atoms with Gasteiger partial charge in [0.1, 0.15) is 29.3 Å². The summed E-state index contributed by atoms with van der Waals surface area (Å²) in [6, 6.07) is 0.122. The molecule has 1 saturated heterocycles. The summed E-state index contributed by atoms with van der Waals surface area (Å²) in [7, 11) is 0. The first kappa shape index (κ1) is 49.0.